The summed E-state index contributed by atoms with van der Waals surface area (Å²) in [5.41, 5.74) is 1.13. The summed E-state index contributed by atoms with van der Waals surface area (Å²) in [4.78, 5) is 33.0. The van der Waals surface area contributed by atoms with Crippen molar-refractivity contribution in [1.82, 2.24) is 30.3 Å². The number of halogens is 1. The van der Waals surface area contributed by atoms with Gasteiger partial charge in [0.25, 0.3) is 0 Å². The Morgan fingerprint density at radius 3 is 2.50 bits per heavy atom. The molecule has 3 aliphatic rings. The van der Waals surface area contributed by atoms with Crippen molar-refractivity contribution in [2.75, 3.05) is 19.6 Å². The number of rotatable bonds is 9. The number of hydrogen-bond acceptors (Lipinski definition) is 5. The fourth-order valence-electron chi connectivity index (χ4n) is 6.90. The molecule has 1 aliphatic carbocycles. The van der Waals surface area contributed by atoms with Crippen LogP contribution in [0.2, 0.25) is 5.02 Å². The number of carbonyl (C=O) groups is 2. The molecule has 0 spiro atoms. The lowest BCUT2D eigenvalue weighted by molar-refractivity contribution is -0.139. The average Bonchev–Trinajstić information content (AvgIpc) is 3.65. The molecule has 5 rings (SSSR count). The van der Waals surface area contributed by atoms with Crippen LogP contribution in [-0.4, -0.2) is 63.2 Å². The van der Waals surface area contributed by atoms with Crippen LogP contribution >= 0.6 is 11.6 Å². The number of nitrogens with one attached hydrogen (secondary N) is 2. The zero-order valence-corrected chi connectivity index (χ0v) is 23.0. The SMILES string of the molecule is O=C(C[C@@H]1CCCN1)N[C@H](Cc1ccc(Cl)cc1)C(=O)N1CCC(Cn2cncn2)(C2CCCCC2)CC1. The van der Waals surface area contributed by atoms with E-state index in [0.29, 0.717) is 36.9 Å². The van der Waals surface area contributed by atoms with Gasteiger partial charge in [0.1, 0.15) is 18.7 Å². The minimum atomic E-state index is -0.581. The Morgan fingerprint density at radius 1 is 1.08 bits per heavy atom. The summed E-state index contributed by atoms with van der Waals surface area (Å²) in [5.74, 6) is 0.614. The largest absolute Gasteiger partial charge is 0.344 e. The number of piperidine rings is 1. The number of nitrogens with zero attached hydrogens (tertiary/aromatic N) is 4. The zero-order valence-electron chi connectivity index (χ0n) is 22.3. The quantitative estimate of drug-likeness (QED) is 0.502. The summed E-state index contributed by atoms with van der Waals surface area (Å²) in [5, 5.41) is 11.6. The van der Waals surface area contributed by atoms with E-state index in [4.69, 9.17) is 11.6 Å². The zero-order chi connectivity index (χ0) is 26.4. The molecule has 8 nitrogen and oxygen atoms in total. The van der Waals surface area contributed by atoms with Gasteiger partial charge >= 0.3 is 0 Å². The van der Waals surface area contributed by atoms with Crippen LogP contribution in [0.3, 0.4) is 0 Å². The van der Waals surface area contributed by atoms with Crippen LogP contribution in [0, 0.1) is 11.3 Å². The lowest BCUT2D eigenvalue weighted by atomic mass is 9.63. The van der Waals surface area contributed by atoms with Gasteiger partial charge in [-0.1, -0.05) is 43.0 Å². The number of amides is 2. The molecule has 2 atom stereocenters. The van der Waals surface area contributed by atoms with E-state index >= 15 is 0 Å². The number of carbonyl (C=O) groups excluding carboxylic acids is 2. The standard InChI is InChI=1S/C29H41ClN6O2/c30-24-10-8-22(9-11-24)17-26(34-27(37)18-25-7-4-14-32-25)28(38)35-15-12-29(13-16-35,19-36-21-31-20-33-36)23-5-2-1-3-6-23/h8-11,20-21,23,25-26,32H,1-7,12-19H2,(H,34,37)/t25-,26+/m0/s1. The van der Waals surface area contributed by atoms with Gasteiger partial charge in [-0.25, -0.2) is 4.98 Å². The lowest BCUT2D eigenvalue weighted by Crippen LogP contribution is -2.55. The molecule has 206 valence electrons. The highest BCUT2D eigenvalue weighted by Crippen LogP contribution is 2.47. The first-order valence-electron chi connectivity index (χ1n) is 14.4. The number of aromatic nitrogens is 3. The van der Waals surface area contributed by atoms with Gasteiger partial charge in [0, 0.05) is 43.5 Å². The van der Waals surface area contributed by atoms with Gasteiger partial charge in [-0.3, -0.25) is 14.3 Å². The van der Waals surface area contributed by atoms with Crippen LogP contribution in [0.1, 0.15) is 69.8 Å². The van der Waals surface area contributed by atoms with E-state index in [2.05, 4.69) is 20.7 Å². The Morgan fingerprint density at radius 2 is 1.84 bits per heavy atom. The minimum Gasteiger partial charge on any atom is -0.344 e. The summed E-state index contributed by atoms with van der Waals surface area (Å²) < 4.78 is 1.98. The number of hydrogen-bond donors (Lipinski definition) is 2. The third kappa shape index (κ3) is 6.75. The van der Waals surface area contributed by atoms with Crippen molar-refractivity contribution in [3.8, 4) is 0 Å². The summed E-state index contributed by atoms with van der Waals surface area (Å²) in [6.07, 6.45) is 14.7. The molecule has 1 aromatic carbocycles. The highest BCUT2D eigenvalue weighted by Gasteiger charge is 2.43. The summed E-state index contributed by atoms with van der Waals surface area (Å²) >= 11 is 6.09. The maximum atomic E-state index is 13.9. The molecule has 2 amide bonds. The second-order valence-electron chi connectivity index (χ2n) is 11.6. The Labute approximate surface area is 230 Å². The van der Waals surface area contributed by atoms with Gasteiger partial charge in [0.2, 0.25) is 11.8 Å². The Bertz CT molecular complexity index is 1040. The van der Waals surface area contributed by atoms with E-state index in [1.807, 2.05) is 40.2 Å². The maximum absolute atomic E-state index is 13.9. The van der Waals surface area contributed by atoms with Crippen molar-refractivity contribution in [2.45, 2.75) is 89.3 Å². The van der Waals surface area contributed by atoms with Crippen molar-refractivity contribution >= 4 is 23.4 Å². The van der Waals surface area contributed by atoms with Crippen LogP contribution in [-0.2, 0) is 22.6 Å². The summed E-state index contributed by atoms with van der Waals surface area (Å²) in [7, 11) is 0. The van der Waals surface area contributed by atoms with Crippen LogP contribution < -0.4 is 10.6 Å². The van der Waals surface area contributed by atoms with Gasteiger partial charge < -0.3 is 15.5 Å². The molecule has 9 heteroatoms. The van der Waals surface area contributed by atoms with Gasteiger partial charge in [0.15, 0.2) is 0 Å². The second kappa shape index (κ2) is 12.6. The molecule has 2 aromatic rings. The highest BCUT2D eigenvalue weighted by atomic mass is 35.5. The molecular weight excluding hydrogens is 500 g/mol. The number of benzene rings is 1. The highest BCUT2D eigenvalue weighted by molar-refractivity contribution is 6.30. The third-order valence-electron chi connectivity index (χ3n) is 9.07. The van der Waals surface area contributed by atoms with Crippen LogP contribution in [0.15, 0.2) is 36.9 Å². The van der Waals surface area contributed by atoms with Crippen molar-refractivity contribution < 1.29 is 9.59 Å². The van der Waals surface area contributed by atoms with Crippen LogP contribution in [0.4, 0.5) is 0 Å². The molecule has 1 aromatic heterocycles. The second-order valence-corrected chi connectivity index (χ2v) is 12.0. The molecular formula is C29H41ClN6O2. The predicted molar refractivity (Wildman–Crippen MR) is 148 cm³/mol. The van der Waals surface area contributed by atoms with Gasteiger partial charge in [-0.05, 0) is 74.1 Å². The molecule has 3 heterocycles. The van der Waals surface area contributed by atoms with Crippen molar-refractivity contribution in [3.63, 3.8) is 0 Å². The molecule has 3 fully saturated rings. The van der Waals surface area contributed by atoms with E-state index in [9.17, 15) is 9.59 Å². The monoisotopic (exact) mass is 540 g/mol. The van der Waals surface area contributed by atoms with Gasteiger partial charge in [0.05, 0.1) is 0 Å². The normalized spacial score (nSPS) is 22.8. The van der Waals surface area contributed by atoms with Crippen molar-refractivity contribution in [2.24, 2.45) is 11.3 Å². The first-order chi connectivity index (χ1) is 18.5. The molecule has 2 aliphatic heterocycles. The molecule has 2 saturated heterocycles. The molecule has 2 N–H and O–H groups in total. The fraction of sp³-hybridized carbons (Fsp3) is 0.655. The van der Waals surface area contributed by atoms with E-state index in [1.54, 1.807) is 6.33 Å². The maximum Gasteiger partial charge on any atom is 0.245 e. The van der Waals surface area contributed by atoms with E-state index < -0.39 is 6.04 Å². The third-order valence-corrected chi connectivity index (χ3v) is 9.32. The van der Waals surface area contributed by atoms with Crippen molar-refractivity contribution in [3.05, 3.63) is 47.5 Å². The lowest BCUT2D eigenvalue weighted by Gasteiger charge is -2.48. The molecule has 0 radical (unpaired) electrons. The van der Waals surface area contributed by atoms with Gasteiger partial charge in [-0.15, -0.1) is 0 Å². The molecule has 0 unspecified atom stereocenters. The summed E-state index contributed by atoms with van der Waals surface area (Å²) in [6.45, 7) is 3.23. The molecule has 1 saturated carbocycles. The predicted octanol–water partition coefficient (Wildman–Crippen LogP) is 3.99. The Hall–Kier alpha value is -2.45. The first-order valence-corrected chi connectivity index (χ1v) is 14.8. The topological polar surface area (TPSA) is 92.2 Å². The van der Waals surface area contributed by atoms with E-state index in [-0.39, 0.29) is 23.3 Å². The van der Waals surface area contributed by atoms with Gasteiger partial charge in [-0.2, -0.15) is 5.10 Å². The first kappa shape index (κ1) is 27.1. The minimum absolute atomic E-state index is 0.0191. The fourth-order valence-corrected chi connectivity index (χ4v) is 7.03. The smallest absolute Gasteiger partial charge is 0.245 e. The van der Waals surface area contributed by atoms with Crippen LogP contribution in [0.25, 0.3) is 0 Å². The Kier molecular flexibility index (Phi) is 9.00. The molecule has 0 bridgehead atoms. The Balaban J connectivity index is 1.27. The van der Waals surface area contributed by atoms with E-state index in [1.165, 1.54) is 32.1 Å². The average molecular weight is 541 g/mol. The summed E-state index contributed by atoms with van der Waals surface area (Å²) in [6, 6.07) is 7.18. The van der Waals surface area contributed by atoms with E-state index in [0.717, 1.165) is 44.3 Å². The number of likely N-dealkylation sites (tertiary alicyclic amines) is 1. The molecule has 38 heavy (non-hydrogen) atoms. The van der Waals surface area contributed by atoms with Crippen molar-refractivity contribution in [1.29, 1.82) is 0 Å². The van der Waals surface area contributed by atoms with Crippen LogP contribution in [0.5, 0.6) is 0 Å².